The zero-order valence-corrected chi connectivity index (χ0v) is 16.4. The first-order chi connectivity index (χ1) is 13.0. The first-order valence-corrected chi connectivity index (χ1v) is 9.51. The molecule has 2 aromatic heterocycles. The topological polar surface area (TPSA) is 93.1 Å². The summed E-state index contributed by atoms with van der Waals surface area (Å²) in [6.07, 6.45) is 3.47. The van der Waals surface area contributed by atoms with Crippen molar-refractivity contribution in [3.63, 3.8) is 0 Å². The summed E-state index contributed by atoms with van der Waals surface area (Å²) in [6, 6.07) is 0. The van der Waals surface area contributed by atoms with Gasteiger partial charge in [0, 0.05) is 31.2 Å². The van der Waals surface area contributed by atoms with Crippen molar-refractivity contribution in [1.29, 1.82) is 0 Å². The summed E-state index contributed by atoms with van der Waals surface area (Å²) in [6.45, 7) is 9.90. The van der Waals surface area contributed by atoms with Crippen LogP contribution in [0.4, 0.5) is 0 Å². The van der Waals surface area contributed by atoms with E-state index in [1.165, 1.54) is 0 Å². The highest BCUT2D eigenvalue weighted by Crippen LogP contribution is 2.28. The van der Waals surface area contributed by atoms with Crippen LogP contribution in [0, 0.1) is 13.8 Å². The summed E-state index contributed by atoms with van der Waals surface area (Å²) in [5.41, 5.74) is 2.26. The highest BCUT2D eigenvalue weighted by molar-refractivity contribution is 6.00. The molecule has 0 spiro atoms. The average Bonchev–Trinajstić information content (AvgIpc) is 3.25. The SMILES string of the molecule is CCOC(=O)c1c(C)[nH]c(C(=O)N2CCC(c3nncn3CC)CC2)c1C. The third-order valence-electron chi connectivity index (χ3n) is 5.26. The summed E-state index contributed by atoms with van der Waals surface area (Å²) in [7, 11) is 0. The van der Waals surface area contributed by atoms with Gasteiger partial charge >= 0.3 is 5.97 Å². The minimum atomic E-state index is -0.389. The van der Waals surface area contributed by atoms with Gasteiger partial charge in [-0.2, -0.15) is 0 Å². The normalized spacial score (nSPS) is 15.2. The van der Waals surface area contributed by atoms with Gasteiger partial charge in [0.2, 0.25) is 0 Å². The largest absolute Gasteiger partial charge is 0.462 e. The Balaban J connectivity index is 1.71. The average molecular weight is 373 g/mol. The molecule has 1 N–H and O–H groups in total. The number of hydrogen-bond donors (Lipinski definition) is 1. The Morgan fingerprint density at radius 3 is 2.59 bits per heavy atom. The van der Waals surface area contributed by atoms with Gasteiger partial charge in [-0.1, -0.05) is 0 Å². The number of aromatic nitrogens is 4. The minimum absolute atomic E-state index is 0.0680. The Morgan fingerprint density at radius 2 is 1.96 bits per heavy atom. The molecule has 0 saturated carbocycles. The number of carbonyl (C=O) groups is 2. The number of piperidine rings is 1. The van der Waals surface area contributed by atoms with E-state index < -0.39 is 0 Å². The molecule has 0 bridgehead atoms. The van der Waals surface area contributed by atoms with Crippen molar-refractivity contribution in [3.05, 3.63) is 34.7 Å². The van der Waals surface area contributed by atoms with Crippen LogP contribution in [0.2, 0.25) is 0 Å². The van der Waals surface area contributed by atoms with Crippen molar-refractivity contribution in [2.75, 3.05) is 19.7 Å². The number of ether oxygens (including phenoxy) is 1. The summed E-state index contributed by atoms with van der Waals surface area (Å²) in [4.78, 5) is 30.1. The Morgan fingerprint density at radius 1 is 1.26 bits per heavy atom. The van der Waals surface area contributed by atoms with E-state index in [1.54, 1.807) is 27.1 Å². The Hall–Kier alpha value is -2.64. The number of amides is 1. The van der Waals surface area contributed by atoms with Crippen LogP contribution in [0.5, 0.6) is 0 Å². The maximum absolute atomic E-state index is 13.0. The number of hydrogen-bond acceptors (Lipinski definition) is 5. The van der Waals surface area contributed by atoms with E-state index in [0.29, 0.717) is 48.1 Å². The second-order valence-corrected chi connectivity index (χ2v) is 6.89. The minimum Gasteiger partial charge on any atom is -0.462 e. The number of aryl methyl sites for hydroxylation is 2. The third-order valence-corrected chi connectivity index (χ3v) is 5.26. The van der Waals surface area contributed by atoms with Crippen LogP contribution in [-0.2, 0) is 11.3 Å². The Bertz CT molecular complexity index is 831. The molecule has 27 heavy (non-hydrogen) atoms. The quantitative estimate of drug-likeness (QED) is 0.813. The molecule has 3 heterocycles. The number of nitrogens with zero attached hydrogens (tertiary/aromatic N) is 4. The fraction of sp³-hybridized carbons (Fsp3) is 0.579. The zero-order valence-electron chi connectivity index (χ0n) is 16.4. The van der Waals surface area contributed by atoms with Crippen molar-refractivity contribution in [2.45, 2.75) is 53.0 Å². The van der Waals surface area contributed by atoms with Crippen LogP contribution in [0.3, 0.4) is 0 Å². The number of esters is 1. The maximum atomic E-state index is 13.0. The molecule has 0 atom stereocenters. The van der Waals surface area contributed by atoms with E-state index in [1.807, 2.05) is 4.90 Å². The molecular formula is C19H27N5O3. The lowest BCUT2D eigenvalue weighted by atomic mass is 9.95. The summed E-state index contributed by atoms with van der Waals surface area (Å²) in [5, 5.41) is 8.27. The highest BCUT2D eigenvalue weighted by Gasteiger charge is 2.30. The molecule has 2 aromatic rings. The van der Waals surface area contributed by atoms with E-state index in [2.05, 4.69) is 26.7 Å². The predicted octanol–water partition coefficient (Wildman–Crippen LogP) is 2.44. The number of likely N-dealkylation sites (tertiary alicyclic amines) is 1. The van der Waals surface area contributed by atoms with Gasteiger partial charge in [0.15, 0.2) is 0 Å². The van der Waals surface area contributed by atoms with E-state index in [-0.39, 0.29) is 11.9 Å². The molecule has 1 aliphatic rings. The smallest absolute Gasteiger partial charge is 0.340 e. The molecule has 8 nitrogen and oxygen atoms in total. The van der Waals surface area contributed by atoms with Crippen molar-refractivity contribution >= 4 is 11.9 Å². The number of aromatic amines is 1. The number of carbonyl (C=O) groups excluding carboxylic acids is 2. The van der Waals surface area contributed by atoms with Gasteiger partial charge in [-0.15, -0.1) is 10.2 Å². The van der Waals surface area contributed by atoms with E-state index in [9.17, 15) is 9.59 Å². The van der Waals surface area contributed by atoms with Gasteiger partial charge in [-0.25, -0.2) is 4.79 Å². The summed E-state index contributed by atoms with van der Waals surface area (Å²) >= 11 is 0. The fourth-order valence-corrected chi connectivity index (χ4v) is 3.80. The number of H-pyrrole nitrogens is 1. The standard InChI is InChI=1S/C19H27N5O3/c1-5-23-11-20-22-17(23)14-7-9-24(10-8-14)18(25)16-12(3)15(13(4)21-16)19(26)27-6-2/h11,14,21H,5-10H2,1-4H3. The molecule has 146 valence electrons. The van der Waals surface area contributed by atoms with Crippen LogP contribution in [0.15, 0.2) is 6.33 Å². The molecule has 8 heteroatoms. The van der Waals surface area contributed by atoms with E-state index >= 15 is 0 Å². The van der Waals surface area contributed by atoms with E-state index in [0.717, 1.165) is 25.2 Å². The third kappa shape index (κ3) is 3.61. The second-order valence-electron chi connectivity index (χ2n) is 6.89. The van der Waals surface area contributed by atoms with Gasteiger partial charge in [0.1, 0.15) is 17.8 Å². The Labute approximate surface area is 158 Å². The molecule has 1 amide bonds. The number of nitrogens with one attached hydrogen (secondary N) is 1. The van der Waals surface area contributed by atoms with Gasteiger partial charge in [0.05, 0.1) is 12.2 Å². The molecule has 1 aliphatic heterocycles. The first kappa shape index (κ1) is 19.1. The highest BCUT2D eigenvalue weighted by atomic mass is 16.5. The zero-order chi connectivity index (χ0) is 19.6. The summed E-state index contributed by atoms with van der Waals surface area (Å²) < 4.78 is 7.17. The van der Waals surface area contributed by atoms with Gasteiger partial charge < -0.3 is 19.2 Å². The molecular weight excluding hydrogens is 346 g/mol. The first-order valence-electron chi connectivity index (χ1n) is 9.51. The van der Waals surface area contributed by atoms with Gasteiger partial charge in [0.25, 0.3) is 5.91 Å². The monoisotopic (exact) mass is 373 g/mol. The lowest BCUT2D eigenvalue weighted by molar-refractivity contribution is 0.0525. The molecule has 0 aliphatic carbocycles. The van der Waals surface area contributed by atoms with Crippen LogP contribution in [0.1, 0.15) is 70.5 Å². The summed E-state index contributed by atoms with van der Waals surface area (Å²) in [5.74, 6) is 0.862. The van der Waals surface area contributed by atoms with Gasteiger partial charge in [-0.05, 0) is 46.1 Å². The van der Waals surface area contributed by atoms with Crippen LogP contribution in [0.25, 0.3) is 0 Å². The molecule has 3 rings (SSSR count). The van der Waals surface area contributed by atoms with E-state index in [4.69, 9.17) is 4.74 Å². The Kier molecular flexibility index (Phi) is 5.62. The lowest BCUT2D eigenvalue weighted by Gasteiger charge is -2.31. The molecule has 1 fully saturated rings. The predicted molar refractivity (Wildman–Crippen MR) is 99.8 cm³/mol. The molecule has 1 saturated heterocycles. The number of rotatable bonds is 5. The molecule has 0 unspecified atom stereocenters. The van der Waals surface area contributed by atoms with Crippen molar-refractivity contribution in [3.8, 4) is 0 Å². The van der Waals surface area contributed by atoms with Crippen molar-refractivity contribution in [2.24, 2.45) is 0 Å². The van der Waals surface area contributed by atoms with Crippen LogP contribution >= 0.6 is 0 Å². The van der Waals surface area contributed by atoms with Gasteiger partial charge in [-0.3, -0.25) is 4.79 Å². The van der Waals surface area contributed by atoms with Crippen molar-refractivity contribution < 1.29 is 14.3 Å². The fourth-order valence-electron chi connectivity index (χ4n) is 3.80. The second kappa shape index (κ2) is 7.94. The lowest BCUT2D eigenvalue weighted by Crippen LogP contribution is -2.38. The van der Waals surface area contributed by atoms with Crippen molar-refractivity contribution in [1.82, 2.24) is 24.6 Å². The molecule has 0 radical (unpaired) electrons. The maximum Gasteiger partial charge on any atom is 0.340 e. The van der Waals surface area contributed by atoms with Crippen LogP contribution < -0.4 is 0 Å². The van der Waals surface area contributed by atoms with Crippen LogP contribution in [-0.4, -0.2) is 56.2 Å². The molecule has 0 aromatic carbocycles.